The molecule has 1 nitrogen and oxygen atoms in total. The Hall–Kier alpha value is -1.08. The van der Waals surface area contributed by atoms with Crippen molar-refractivity contribution < 1.29 is 0 Å². The topological polar surface area (TPSA) is 12.0 Å². The van der Waals surface area contributed by atoms with Crippen LogP contribution < -0.4 is 5.32 Å². The number of allylic oxidation sites excluding steroid dienone is 1. The molecule has 1 aromatic carbocycles. The van der Waals surface area contributed by atoms with Crippen molar-refractivity contribution in [2.24, 2.45) is 0 Å². The predicted molar refractivity (Wildman–Crippen MR) is 67.9 cm³/mol. The molecule has 0 aliphatic rings. The van der Waals surface area contributed by atoms with Crippen molar-refractivity contribution in [1.29, 1.82) is 0 Å². The fourth-order valence-corrected chi connectivity index (χ4v) is 1.51. The Kier molecular flexibility index (Phi) is 5.79. The van der Waals surface area contributed by atoms with Crippen LogP contribution in [0.2, 0.25) is 0 Å². The highest BCUT2D eigenvalue weighted by Crippen LogP contribution is 2.12. The molecule has 0 aromatic heterocycles. The molecule has 1 rings (SSSR count). The van der Waals surface area contributed by atoms with Gasteiger partial charge < -0.3 is 5.32 Å². The summed E-state index contributed by atoms with van der Waals surface area (Å²) in [6.45, 7) is 6.57. The van der Waals surface area contributed by atoms with Crippen LogP contribution in [0.5, 0.6) is 0 Å². The number of nitrogens with one attached hydrogen (secondary N) is 1. The lowest BCUT2D eigenvalue weighted by atomic mass is 10.1. The lowest BCUT2D eigenvalue weighted by molar-refractivity contribution is 0.678. The fourth-order valence-electron chi connectivity index (χ4n) is 1.51. The van der Waals surface area contributed by atoms with Gasteiger partial charge in [-0.3, -0.25) is 0 Å². The fraction of sp³-hybridized carbons (Fsp3) is 0.429. The minimum atomic E-state index is 1.08. The van der Waals surface area contributed by atoms with E-state index < -0.39 is 0 Å². The summed E-state index contributed by atoms with van der Waals surface area (Å²) in [5.74, 6) is 0. The van der Waals surface area contributed by atoms with Gasteiger partial charge in [-0.1, -0.05) is 43.3 Å². The van der Waals surface area contributed by atoms with E-state index in [1.807, 2.05) is 0 Å². The molecular formula is C14H21N. The SMILES string of the molecule is CCCNCCC=C(C)c1ccccc1. The van der Waals surface area contributed by atoms with Gasteiger partial charge in [-0.2, -0.15) is 0 Å². The highest BCUT2D eigenvalue weighted by Gasteiger charge is 1.92. The lowest BCUT2D eigenvalue weighted by Gasteiger charge is -2.02. The molecule has 15 heavy (non-hydrogen) atoms. The highest BCUT2D eigenvalue weighted by atomic mass is 14.8. The molecule has 0 aliphatic heterocycles. The molecule has 0 atom stereocenters. The van der Waals surface area contributed by atoms with Crippen LogP contribution in [0.3, 0.4) is 0 Å². The van der Waals surface area contributed by atoms with Crippen molar-refractivity contribution in [3.05, 3.63) is 42.0 Å². The largest absolute Gasteiger partial charge is 0.316 e. The molecule has 0 spiro atoms. The average molecular weight is 203 g/mol. The second-order valence-corrected chi connectivity index (χ2v) is 3.79. The van der Waals surface area contributed by atoms with Crippen LogP contribution in [0.25, 0.3) is 5.57 Å². The first-order valence-corrected chi connectivity index (χ1v) is 5.77. The summed E-state index contributed by atoms with van der Waals surface area (Å²) in [6.07, 6.45) is 4.63. The standard InChI is InChI=1S/C14H21N/c1-3-11-15-12-7-8-13(2)14-9-5-4-6-10-14/h4-6,8-10,15H,3,7,11-12H2,1-2H3. The Morgan fingerprint density at radius 3 is 2.60 bits per heavy atom. The zero-order chi connectivity index (χ0) is 10.9. The number of hydrogen-bond donors (Lipinski definition) is 1. The predicted octanol–water partition coefficient (Wildman–Crippen LogP) is 3.48. The molecule has 0 saturated carbocycles. The van der Waals surface area contributed by atoms with Gasteiger partial charge >= 0.3 is 0 Å². The van der Waals surface area contributed by atoms with Crippen LogP contribution in [0.4, 0.5) is 0 Å². The molecule has 82 valence electrons. The Bertz CT molecular complexity index is 287. The molecule has 0 bridgehead atoms. The number of hydrogen-bond acceptors (Lipinski definition) is 1. The van der Waals surface area contributed by atoms with Gasteiger partial charge in [0.1, 0.15) is 0 Å². The monoisotopic (exact) mass is 203 g/mol. The molecule has 0 unspecified atom stereocenters. The maximum Gasteiger partial charge on any atom is -0.00141 e. The quantitative estimate of drug-likeness (QED) is 0.698. The second kappa shape index (κ2) is 7.24. The number of rotatable bonds is 6. The van der Waals surface area contributed by atoms with Crippen LogP contribution in [0, 0.1) is 0 Å². The van der Waals surface area contributed by atoms with Gasteiger partial charge in [0.15, 0.2) is 0 Å². The van der Waals surface area contributed by atoms with Crippen molar-refractivity contribution in [3.8, 4) is 0 Å². The summed E-state index contributed by atoms with van der Waals surface area (Å²) >= 11 is 0. The maximum absolute atomic E-state index is 3.40. The highest BCUT2D eigenvalue weighted by molar-refractivity contribution is 5.63. The Morgan fingerprint density at radius 1 is 1.20 bits per heavy atom. The Labute approximate surface area is 93.2 Å². The third-order valence-electron chi connectivity index (χ3n) is 2.43. The van der Waals surface area contributed by atoms with Gasteiger partial charge in [0.25, 0.3) is 0 Å². The molecule has 0 aliphatic carbocycles. The first kappa shape index (κ1) is 12.0. The van der Waals surface area contributed by atoms with E-state index in [2.05, 4.69) is 55.6 Å². The normalized spacial score (nSPS) is 11.7. The second-order valence-electron chi connectivity index (χ2n) is 3.79. The van der Waals surface area contributed by atoms with E-state index in [1.165, 1.54) is 17.6 Å². The summed E-state index contributed by atoms with van der Waals surface area (Å²) in [5.41, 5.74) is 2.70. The maximum atomic E-state index is 3.40. The zero-order valence-corrected chi connectivity index (χ0v) is 9.79. The smallest absolute Gasteiger partial charge is 0.00141 e. The van der Waals surface area contributed by atoms with Gasteiger partial charge in [-0.15, -0.1) is 0 Å². The summed E-state index contributed by atoms with van der Waals surface area (Å²) in [4.78, 5) is 0. The van der Waals surface area contributed by atoms with Crippen molar-refractivity contribution in [3.63, 3.8) is 0 Å². The first-order chi connectivity index (χ1) is 7.34. The van der Waals surface area contributed by atoms with Crippen LogP contribution in [-0.2, 0) is 0 Å². The molecule has 0 fully saturated rings. The summed E-state index contributed by atoms with van der Waals surface area (Å²) in [7, 11) is 0. The lowest BCUT2D eigenvalue weighted by Crippen LogP contribution is -2.15. The number of benzene rings is 1. The average Bonchev–Trinajstić information content (AvgIpc) is 2.30. The molecule has 0 heterocycles. The van der Waals surface area contributed by atoms with Gasteiger partial charge in [0.05, 0.1) is 0 Å². The van der Waals surface area contributed by atoms with E-state index in [0.717, 1.165) is 19.5 Å². The van der Waals surface area contributed by atoms with Crippen LogP contribution in [-0.4, -0.2) is 13.1 Å². The summed E-state index contributed by atoms with van der Waals surface area (Å²) < 4.78 is 0. The van der Waals surface area contributed by atoms with E-state index in [9.17, 15) is 0 Å². The molecule has 1 aromatic rings. The third kappa shape index (κ3) is 4.80. The summed E-state index contributed by atoms with van der Waals surface area (Å²) in [5, 5.41) is 3.40. The molecular weight excluding hydrogens is 182 g/mol. The van der Waals surface area contributed by atoms with Gasteiger partial charge in [-0.05, 0) is 44.0 Å². The van der Waals surface area contributed by atoms with Gasteiger partial charge in [0, 0.05) is 0 Å². The molecule has 0 amide bonds. The van der Waals surface area contributed by atoms with E-state index >= 15 is 0 Å². The van der Waals surface area contributed by atoms with Crippen molar-refractivity contribution >= 4 is 5.57 Å². The first-order valence-electron chi connectivity index (χ1n) is 5.77. The van der Waals surface area contributed by atoms with Crippen LogP contribution in [0.15, 0.2) is 36.4 Å². The molecule has 0 saturated heterocycles. The minimum absolute atomic E-state index is 1.08. The van der Waals surface area contributed by atoms with E-state index in [0.29, 0.717) is 0 Å². The van der Waals surface area contributed by atoms with Gasteiger partial charge in [0.2, 0.25) is 0 Å². The van der Waals surface area contributed by atoms with Gasteiger partial charge in [-0.25, -0.2) is 0 Å². The van der Waals surface area contributed by atoms with Crippen molar-refractivity contribution in [2.45, 2.75) is 26.7 Å². The zero-order valence-electron chi connectivity index (χ0n) is 9.79. The van der Waals surface area contributed by atoms with Crippen LogP contribution >= 0.6 is 0 Å². The van der Waals surface area contributed by atoms with Crippen LogP contribution in [0.1, 0.15) is 32.3 Å². The van der Waals surface area contributed by atoms with E-state index in [1.54, 1.807) is 0 Å². The molecule has 1 heteroatoms. The molecule has 1 N–H and O–H groups in total. The Balaban J connectivity index is 2.33. The van der Waals surface area contributed by atoms with Crippen molar-refractivity contribution in [2.75, 3.05) is 13.1 Å². The van der Waals surface area contributed by atoms with E-state index in [-0.39, 0.29) is 0 Å². The van der Waals surface area contributed by atoms with Crippen molar-refractivity contribution in [1.82, 2.24) is 5.32 Å². The molecule has 0 radical (unpaired) electrons. The van der Waals surface area contributed by atoms with E-state index in [4.69, 9.17) is 0 Å². The minimum Gasteiger partial charge on any atom is -0.316 e. The third-order valence-corrected chi connectivity index (χ3v) is 2.43. The Morgan fingerprint density at radius 2 is 1.93 bits per heavy atom. The summed E-state index contributed by atoms with van der Waals surface area (Å²) in [6, 6.07) is 10.5.